The second-order valence-electron chi connectivity index (χ2n) is 12.6. The standard InChI is InChI=1S/C34H45Cl2N5O2/c1-38(2)33(43)34(41-16-7-4-8-17-41)14-19-40(20-15-34)18-13-26(25-11-12-29(35)30(36)21-25)24-39(3)32(42)22-27-23-37-31-10-6-5-9-28(27)31/h5-6,9-12,21,23,26,37H,4,7-8,13-20,22,24H2,1-3H3. The quantitative estimate of drug-likeness (QED) is 0.298. The van der Waals surface area contributed by atoms with Crippen molar-refractivity contribution in [2.24, 2.45) is 0 Å². The van der Waals surface area contributed by atoms with Gasteiger partial charge < -0.3 is 19.7 Å². The number of likely N-dealkylation sites (tertiary alicyclic amines) is 2. The fourth-order valence-electron chi connectivity index (χ4n) is 7.03. The van der Waals surface area contributed by atoms with Crippen LogP contribution < -0.4 is 0 Å². The number of carbonyl (C=O) groups is 2. The molecule has 0 spiro atoms. The SMILES string of the molecule is CN(C)C(=O)C1(N2CCCCC2)CCN(CCC(CN(C)C(=O)Cc2c[nH]c3ccccc23)c2ccc(Cl)c(Cl)c2)CC1. The summed E-state index contributed by atoms with van der Waals surface area (Å²) in [5.74, 6) is 0.434. The summed E-state index contributed by atoms with van der Waals surface area (Å²) >= 11 is 12.7. The van der Waals surface area contributed by atoms with Gasteiger partial charge in [-0.05, 0) is 81.1 Å². The van der Waals surface area contributed by atoms with Crippen LogP contribution in [0.1, 0.15) is 55.6 Å². The number of aromatic amines is 1. The average molecular weight is 627 g/mol. The number of nitrogens with one attached hydrogen (secondary N) is 1. The molecule has 1 N–H and O–H groups in total. The largest absolute Gasteiger partial charge is 0.361 e. The molecule has 2 saturated heterocycles. The molecule has 1 unspecified atom stereocenters. The maximum atomic E-state index is 13.5. The Morgan fingerprint density at radius 3 is 2.37 bits per heavy atom. The molecule has 0 bridgehead atoms. The highest BCUT2D eigenvalue weighted by Crippen LogP contribution is 2.34. The third-order valence-corrected chi connectivity index (χ3v) is 10.3. The average Bonchev–Trinajstić information content (AvgIpc) is 3.43. The van der Waals surface area contributed by atoms with E-state index in [0.29, 0.717) is 23.0 Å². The molecule has 3 heterocycles. The van der Waals surface area contributed by atoms with Gasteiger partial charge in [0.2, 0.25) is 11.8 Å². The third kappa shape index (κ3) is 7.22. The molecule has 1 aromatic heterocycles. The molecule has 2 fully saturated rings. The Kier molecular flexibility index (Phi) is 10.4. The molecular formula is C34H45Cl2N5O2. The van der Waals surface area contributed by atoms with Crippen LogP contribution in [0, 0.1) is 0 Å². The Bertz CT molecular complexity index is 1410. The first kappa shape index (κ1) is 31.8. The Morgan fingerprint density at radius 1 is 0.953 bits per heavy atom. The van der Waals surface area contributed by atoms with Crippen LogP contribution in [0.25, 0.3) is 10.9 Å². The van der Waals surface area contributed by atoms with E-state index >= 15 is 0 Å². The zero-order valence-corrected chi connectivity index (χ0v) is 27.3. The lowest BCUT2D eigenvalue weighted by Gasteiger charge is -2.50. The van der Waals surface area contributed by atoms with Crippen molar-refractivity contribution in [3.63, 3.8) is 0 Å². The predicted molar refractivity (Wildman–Crippen MR) is 176 cm³/mol. The van der Waals surface area contributed by atoms with E-state index in [1.807, 2.05) is 68.6 Å². The molecule has 9 heteroatoms. The number of likely N-dealkylation sites (N-methyl/N-ethyl adjacent to an activating group) is 2. The molecule has 3 aromatic rings. The second kappa shape index (κ2) is 14.0. The number of rotatable bonds is 10. The summed E-state index contributed by atoms with van der Waals surface area (Å²) in [6.07, 6.45) is 8.46. The predicted octanol–water partition coefficient (Wildman–Crippen LogP) is 6.06. The molecule has 5 rings (SSSR count). The van der Waals surface area contributed by atoms with Crippen molar-refractivity contribution >= 4 is 45.9 Å². The van der Waals surface area contributed by atoms with Gasteiger partial charge in [-0.3, -0.25) is 14.5 Å². The van der Waals surface area contributed by atoms with Gasteiger partial charge in [-0.1, -0.05) is 53.9 Å². The number of para-hydroxylation sites is 1. The van der Waals surface area contributed by atoms with Crippen LogP contribution in [0.5, 0.6) is 0 Å². The number of amides is 2. The van der Waals surface area contributed by atoms with E-state index in [1.54, 1.807) is 4.90 Å². The summed E-state index contributed by atoms with van der Waals surface area (Å²) in [7, 11) is 5.67. The fourth-order valence-corrected chi connectivity index (χ4v) is 7.33. The molecule has 7 nitrogen and oxygen atoms in total. The Labute approximate surface area is 266 Å². The molecule has 1 atom stereocenters. The molecular weight excluding hydrogens is 581 g/mol. The number of nitrogens with zero attached hydrogens (tertiary/aromatic N) is 4. The van der Waals surface area contributed by atoms with Gasteiger partial charge in [0.1, 0.15) is 5.54 Å². The molecule has 2 aliphatic rings. The summed E-state index contributed by atoms with van der Waals surface area (Å²) in [5, 5.41) is 2.15. The van der Waals surface area contributed by atoms with E-state index in [2.05, 4.69) is 20.9 Å². The molecule has 2 aliphatic heterocycles. The van der Waals surface area contributed by atoms with E-state index in [9.17, 15) is 9.59 Å². The van der Waals surface area contributed by atoms with Gasteiger partial charge in [0, 0.05) is 63.8 Å². The van der Waals surface area contributed by atoms with E-state index in [-0.39, 0.29) is 17.7 Å². The highest BCUT2D eigenvalue weighted by atomic mass is 35.5. The number of benzene rings is 2. The fraction of sp³-hybridized carbons (Fsp3) is 0.529. The van der Waals surface area contributed by atoms with Crippen LogP contribution in [0.3, 0.4) is 0 Å². The maximum Gasteiger partial charge on any atom is 0.242 e. The zero-order chi connectivity index (χ0) is 30.6. The molecule has 232 valence electrons. The van der Waals surface area contributed by atoms with Gasteiger partial charge in [-0.25, -0.2) is 0 Å². The normalized spacial score (nSPS) is 18.4. The summed E-state index contributed by atoms with van der Waals surface area (Å²) in [4.78, 5) is 38.8. The topological polar surface area (TPSA) is 62.9 Å². The van der Waals surface area contributed by atoms with Crippen molar-refractivity contribution in [1.29, 1.82) is 0 Å². The number of hydrogen-bond donors (Lipinski definition) is 1. The summed E-state index contributed by atoms with van der Waals surface area (Å²) in [5.41, 5.74) is 2.75. The van der Waals surface area contributed by atoms with Crippen molar-refractivity contribution < 1.29 is 9.59 Å². The van der Waals surface area contributed by atoms with Crippen LogP contribution in [0.2, 0.25) is 10.0 Å². The van der Waals surface area contributed by atoms with Gasteiger partial charge in [0.15, 0.2) is 0 Å². The lowest BCUT2D eigenvalue weighted by molar-refractivity contribution is -0.147. The Balaban J connectivity index is 1.25. The number of aromatic nitrogens is 1. The number of carbonyl (C=O) groups excluding carboxylic acids is 2. The number of hydrogen-bond acceptors (Lipinski definition) is 4. The molecule has 0 aliphatic carbocycles. The van der Waals surface area contributed by atoms with Crippen LogP contribution in [0.15, 0.2) is 48.7 Å². The van der Waals surface area contributed by atoms with Crippen molar-refractivity contribution in [2.45, 2.75) is 56.4 Å². The number of piperidine rings is 2. The van der Waals surface area contributed by atoms with Gasteiger partial charge in [-0.2, -0.15) is 0 Å². The molecule has 2 aromatic carbocycles. The van der Waals surface area contributed by atoms with Gasteiger partial charge >= 0.3 is 0 Å². The highest BCUT2D eigenvalue weighted by Gasteiger charge is 2.47. The van der Waals surface area contributed by atoms with Crippen LogP contribution in [-0.4, -0.2) is 102 Å². The van der Waals surface area contributed by atoms with E-state index in [0.717, 1.165) is 74.0 Å². The minimum absolute atomic E-state index is 0.0845. The number of H-pyrrole nitrogens is 1. The first-order valence-electron chi connectivity index (χ1n) is 15.6. The maximum absolute atomic E-state index is 13.5. The Hall–Kier alpha value is -2.58. The van der Waals surface area contributed by atoms with Crippen molar-refractivity contribution in [3.05, 3.63) is 69.8 Å². The van der Waals surface area contributed by atoms with Gasteiger partial charge in [0.25, 0.3) is 0 Å². The van der Waals surface area contributed by atoms with Crippen molar-refractivity contribution in [1.82, 2.24) is 24.6 Å². The first-order chi connectivity index (χ1) is 20.7. The minimum Gasteiger partial charge on any atom is -0.361 e. The van der Waals surface area contributed by atoms with E-state index in [4.69, 9.17) is 23.2 Å². The summed E-state index contributed by atoms with van der Waals surface area (Å²) in [6, 6.07) is 13.9. The molecule has 0 saturated carbocycles. The van der Waals surface area contributed by atoms with Crippen molar-refractivity contribution in [2.75, 3.05) is 60.4 Å². The first-order valence-corrected chi connectivity index (χ1v) is 16.4. The van der Waals surface area contributed by atoms with Gasteiger partial charge in [-0.15, -0.1) is 0 Å². The second-order valence-corrected chi connectivity index (χ2v) is 13.4. The monoisotopic (exact) mass is 625 g/mol. The third-order valence-electron chi connectivity index (χ3n) is 9.59. The Morgan fingerprint density at radius 2 is 1.67 bits per heavy atom. The molecule has 2 amide bonds. The molecule has 0 radical (unpaired) electrons. The smallest absolute Gasteiger partial charge is 0.242 e. The van der Waals surface area contributed by atoms with E-state index in [1.165, 1.54) is 19.3 Å². The summed E-state index contributed by atoms with van der Waals surface area (Å²) in [6.45, 7) is 5.28. The minimum atomic E-state index is -0.390. The van der Waals surface area contributed by atoms with Crippen LogP contribution >= 0.6 is 23.2 Å². The van der Waals surface area contributed by atoms with Crippen LogP contribution in [0.4, 0.5) is 0 Å². The van der Waals surface area contributed by atoms with E-state index < -0.39 is 5.54 Å². The lowest BCUT2D eigenvalue weighted by atomic mass is 9.82. The zero-order valence-electron chi connectivity index (χ0n) is 25.7. The highest BCUT2D eigenvalue weighted by molar-refractivity contribution is 6.42. The summed E-state index contributed by atoms with van der Waals surface area (Å²) < 4.78 is 0. The van der Waals surface area contributed by atoms with Crippen molar-refractivity contribution in [3.8, 4) is 0 Å². The number of halogens is 2. The van der Waals surface area contributed by atoms with Gasteiger partial charge in [0.05, 0.1) is 16.5 Å². The van der Waals surface area contributed by atoms with Crippen LogP contribution in [-0.2, 0) is 16.0 Å². The molecule has 43 heavy (non-hydrogen) atoms. The lowest BCUT2D eigenvalue weighted by Crippen LogP contribution is -2.64. The number of fused-ring (bicyclic) bond motifs is 1.